The van der Waals surface area contributed by atoms with Crippen LogP contribution in [0.2, 0.25) is 0 Å². The largest absolute Gasteiger partial charge is 0.381 e. The number of carbonyl (C=O) groups is 1. The second kappa shape index (κ2) is 9.03. The number of ether oxygens (including phenoxy) is 1. The van der Waals surface area contributed by atoms with Gasteiger partial charge in [-0.25, -0.2) is 4.98 Å². The van der Waals surface area contributed by atoms with Gasteiger partial charge in [0.05, 0.1) is 28.8 Å². The molecule has 29 heavy (non-hydrogen) atoms. The molecule has 7 heteroatoms. The predicted octanol–water partition coefficient (Wildman–Crippen LogP) is 3.49. The Labute approximate surface area is 171 Å². The van der Waals surface area contributed by atoms with E-state index in [0.717, 1.165) is 86.7 Å². The molecule has 7 nitrogen and oxygen atoms in total. The first-order valence-corrected chi connectivity index (χ1v) is 10.7. The van der Waals surface area contributed by atoms with Gasteiger partial charge in [0.2, 0.25) is 5.91 Å². The van der Waals surface area contributed by atoms with E-state index in [4.69, 9.17) is 14.2 Å². The van der Waals surface area contributed by atoms with E-state index < -0.39 is 0 Å². The zero-order valence-electron chi connectivity index (χ0n) is 17.4. The Balaban J connectivity index is 1.37. The summed E-state index contributed by atoms with van der Waals surface area (Å²) < 4.78 is 10.7. The van der Waals surface area contributed by atoms with Crippen LogP contribution in [0.4, 0.5) is 0 Å². The van der Waals surface area contributed by atoms with Gasteiger partial charge in [0, 0.05) is 38.4 Å². The second-order valence-corrected chi connectivity index (χ2v) is 8.28. The van der Waals surface area contributed by atoms with Crippen LogP contribution in [0.5, 0.6) is 0 Å². The van der Waals surface area contributed by atoms with Crippen LogP contribution >= 0.6 is 0 Å². The fraction of sp³-hybridized carbons (Fsp3) is 0.636. The number of hydrogen-bond acceptors (Lipinski definition) is 6. The quantitative estimate of drug-likeness (QED) is 0.741. The summed E-state index contributed by atoms with van der Waals surface area (Å²) in [6.07, 6.45) is 10.2. The van der Waals surface area contributed by atoms with Crippen LogP contribution in [-0.4, -0.2) is 51.7 Å². The molecule has 2 saturated heterocycles. The Morgan fingerprint density at radius 2 is 2.03 bits per heavy atom. The summed E-state index contributed by atoms with van der Waals surface area (Å²) in [5.74, 6) is 1.56. The van der Waals surface area contributed by atoms with Crippen molar-refractivity contribution in [3.8, 4) is 11.3 Å². The van der Waals surface area contributed by atoms with Gasteiger partial charge in [-0.15, -0.1) is 0 Å². The number of nitrogens with zero attached hydrogens (tertiary/aromatic N) is 4. The van der Waals surface area contributed by atoms with Gasteiger partial charge in [-0.1, -0.05) is 5.16 Å². The minimum absolute atomic E-state index is 0.312. The molecule has 2 aliphatic heterocycles. The third-order valence-electron chi connectivity index (χ3n) is 6.21. The van der Waals surface area contributed by atoms with Crippen LogP contribution in [0.25, 0.3) is 11.3 Å². The molecule has 1 atom stereocenters. The zero-order valence-corrected chi connectivity index (χ0v) is 17.4. The molecule has 0 spiro atoms. The lowest BCUT2D eigenvalue weighted by Crippen LogP contribution is -2.37. The Bertz CT molecular complexity index is 825. The summed E-state index contributed by atoms with van der Waals surface area (Å²) in [5.41, 5.74) is 3.51. The summed E-state index contributed by atoms with van der Waals surface area (Å²) in [7, 11) is 0. The van der Waals surface area contributed by atoms with Crippen LogP contribution in [0.3, 0.4) is 0 Å². The first kappa shape index (κ1) is 20.0. The SMILES string of the molecule is Cc1noc(C)c1-c1cncc(CC[C@H]2CCCN2C(=O)CC2CCOCC2)n1. The smallest absolute Gasteiger partial charge is 0.223 e. The standard InChI is InChI=1S/C22H30N4O3/c1-15-22(16(2)29-25-15)20-14-23-13-18(24-20)5-6-19-4-3-9-26(19)21(27)12-17-7-10-28-11-8-17/h13-14,17,19H,3-12H2,1-2H3/t19-/m1/s1. The molecular weight excluding hydrogens is 368 g/mol. The van der Waals surface area contributed by atoms with Gasteiger partial charge in [0.15, 0.2) is 0 Å². The Morgan fingerprint density at radius 1 is 1.21 bits per heavy atom. The predicted molar refractivity (Wildman–Crippen MR) is 108 cm³/mol. The molecule has 0 aliphatic carbocycles. The lowest BCUT2D eigenvalue weighted by Gasteiger charge is -2.28. The van der Waals surface area contributed by atoms with Crippen molar-refractivity contribution in [2.75, 3.05) is 19.8 Å². The number of aryl methyl sites for hydroxylation is 3. The van der Waals surface area contributed by atoms with Crippen LogP contribution in [0, 0.1) is 19.8 Å². The minimum atomic E-state index is 0.312. The van der Waals surface area contributed by atoms with Gasteiger partial charge in [0.1, 0.15) is 5.76 Å². The average molecular weight is 399 g/mol. The number of rotatable bonds is 6. The molecule has 2 aliphatic rings. The Hall–Kier alpha value is -2.28. The Morgan fingerprint density at radius 3 is 2.79 bits per heavy atom. The molecule has 2 fully saturated rings. The molecule has 0 aromatic carbocycles. The van der Waals surface area contributed by atoms with Crippen molar-refractivity contribution in [3.63, 3.8) is 0 Å². The summed E-state index contributed by atoms with van der Waals surface area (Å²) >= 11 is 0. The first-order chi connectivity index (χ1) is 14.1. The zero-order chi connectivity index (χ0) is 20.2. The number of aromatic nitrogens is 3. The fourth-order valence-corrected chi connectivity index (χ4v) is 4.59. The monoisotopic (exact) mass is 398 g/mol. The number of hydrogen-bond donors (Lipinski definition) is 0. The third-order valence-corrected chi connectivity index (χ3v) is 6.21. The maximum absolute atomic E-state index is 12.9. The molecule has 0 unspecified atom stereocenters. The van der Waals surface area contributed by atoms with Gasteiger partial charge in [-0.2, -0.15) is 0 Å². The molecule has 2 aromatic rings. The highest BCUT2D eigenvalue weighted by atomic mass is 16.5. The molecule has 0 N–H and O–H groups in total. The van der Waals surface area contributed by atoms with Crippen molar-refractivity contribution in [1.29, 1.82) is 0 Å². The van der Waals surface area contributed by atoms with Crippen LogP contribution in [-0.2, 0) is 16.0 Å². The number of amides is 1. The molecule has 156 valence electrons. The second-order valence-electron chi connectivity index (χ2n) is 8.28. The van der Waals surface area contributed by atoms with E-state index in [1.165, 1.54) is 0 Å². The number of likely N-dealkylation sites (tertiary alicyclic amines) is 1. The molecule has 4 rings (SSSR count). The average Bonchev–Trinajstić information content (AvgIpc) is 3.33. The summed E-state index contributed by atoms with van der Waals surface area (Å²) in [5, 5.41) is 4.01. The van der Waals surface area contributed by atoms with E-state index >= 15 is 0 Å². The fourth-order valence-electron chi connectivity index (χ4n) is 4.59. The van der Waals surface area contributed by atoms with Crippen molar-refractivity contribution in [2.45, 2.75) is 64.8 Å². The highest BCUT2D eigenvalue weighted by Gasteiger charge is 2.30. The topological polar surface area (TPSA) is 81.4 Å². The first-order valence-electron chi connectivity index (χ1n) is 10.7. The highest BCUT2D eigenvalue weighted by molar-refractivity contribution is 5.77. The normalized spacial score (nSPS) is 20.3. The number of carbonyl (C=O) groups excluding carboxylic acids is 1. The van der Waals surface area contributed by atoms with E-state index in [1.807, 2.05) is 20.0 Å². The van der Waals surface area contributed by atoms with E-state index in [2.05, 4.69) is 15.0 Å². The van der Waals surface area contributed by atoms with E-state index in [1.54, 1.807) is 6.20 Å². The molecular formula is C22H30N4O3. The van der Waals surface area contributed by atoms with Gasteiger partial charge in [0.25, 0.3) is 0 Å². The van der Waals surface area contributed by atoms with Crippen molar-refractivity contribution < 1.29 is 14.1 Å². The van der Waals surface area contributed by atoms with Gasteiger partial charge >= 0.3 is 0 Å². The van der Waals surface area contributed by atoms with Crippen LogP contribution < -0.4 is 0 Å². The highest BCUT2D eigenvalue weighted by Crippen LogP contribution is 2.27. The van der Waals surface area contributed by atoms with Gasteiger partial charge in [-0.05, 0) is 58.3 Å². The molecule has 0 bridgehead atoms. The lowest BCUT2D eigenvalue weighted by molar-refractivity contribution is -0.133. The van der Waals surface area contributed by atoms with Gasteiger partial charge in [-0.3, -0.25) is 9.78 Å². The van der Waals surface area contributed by atoms with Crippen molar-refractivity contribution >= 4 is 5.91 Å². The van der Waals surface area contributed by atoms with Crippen molar-refractivity contribution in [1.82, 2.24) is 20.0 Å². The minimum Gasteiger partial charge on any atom is -0.381 e. The molecule has 2 aromatic heterocycles. The van der Waals surface area contributed by atoms with Crippen molar-refractivity contribution in [2.24, 2.45) is 5.92 Å². The molecule has 0 radical (unpaired) electrons. The van der Waals surface area contributed by atoms with Gasteiger partial charge < -0.3 is 14.2 Å². The lowest BCUT2D eigenvalue weighted by atomic mass is 9.95. The molecule has 4 heterocycles. The summed E-state index contributed by atoms with van der Waals surface area (Å²) in [6, 6.07) is 0.312. The summed E-state index contributed by atoms with van der Waals surface area (Å²) in [4.78, 5) is 24.1. The Kier molecular flexibility index (Phi) is 6.23. The third kappa shape index (κ3) is 4.66. The van der Waals surface area contributed by atoms with E-state index in [9.17, 15) is 4.79 Å². The maximum atomic E-state index is 12.9. The maximum Gasteiger partial charge on any atom is 0.223 e. The molecule has 0 saturated carbocycles. The van der Waals surface area contributed by atoms with Crippen LogP contribution in [0.15, 0.2) is 16.9 Å². The van der Waals surface area contributed by atoms with E-state index in [-0.39, 0.29) is 0 Å². The summed E-state index contributed by atoms with van der Waals surface area (Å²) in [6.45, 7) is 6.28. The van der Waals surface area contributed by atoms with E-state index in [0.29, 0.717) is 24.3 Å². The van der Waals surface area contributed by atoms with Crippen molar-refractivity contribution in [3.05, 3.63) is 29.5 Å². The van der Waals surface area contributed by atoms with Crippen LogP contribution in [0.1, 0.15) is 55.7 Å². The molecule has 1 amide bonds.